The summed E-state index contributed by atoms with van der Waals surface area (Å²) >= 11 is 3.37. The van der Waals surface area contributed by atoms with Crippen LogP contribution in [-0.2, 0) is 14.3 Å². The number of halogens is 1. The highest BCUT2D eigenvalue weighted by Crippen LogP contribution is 2.11. The zero-order chi connectivity index (χ0) is 13.1. The summed E-state index contributed by atoms with van der Waals surface area (Å²) < 4.78 is 10.2. The summed E-state index contributed by atoms with van der Waals surface area (Å²) in [6.45, 7) is 6.74. The lowest BCUT2D eigenvalue weighted by atomic mass is 10.1. The third-order valence-electron chi connectivity index (χ3n) is 2.28. The molecular formula is C12H24BrNO3. The van der Waals surface area contributed by atoms with Gasteiger partial charge in [-0.25, -0.2) is 0 Å². The van der Waals surface area contributed by atoms with Crippen LogP contribution in [0.4, 0.5) is 0 Å². The van der Waals surface area contributed by atoms with Crippen molar-refractivity contribution in [1.82, 2.24) is 5.32 Å². The summed E-state index contributed by atoms with van der Waals surface area (Å²) in [4.78, 5) is 11.5. The van der Waals surface area contributed by atoms with E-state index in [1.807, 2.05) is 13.8 Å². The molecule has 0 radical (unpaired) electrons. The average Bonchev–Trinajstić information content (AvgIpc) is 2.31. The molecule has 0 fully saturated rings. The summed E-state index contributed by atoms with van der Waals surface area (Å²) in [7, 11) is 1.66. The minimum atomic E-state index is -0.0968. The van der Waals surface area contributed by atoms with Crippen LogP contribution < -0.4 is 5.32 Å². The molecule has 4 nitrogen and oxygen atoms in total. The first-order chi connectivity index (χ1) is 8.09. The first-order valence-electron chi connectivity index (χ1n) is 6.08. The van der Waals surface area contributed by atoms with Crippen molar-refractivity contribution in [3.8, 4) is 0 Å². The Kier molecular flexibility index (Phi) is 10.9. The Bertz CT molecular complexity index is 200. The fourth-order valence-corrected chi connectivity index (χ4v) is 1.35. The highest BCUT2D eigenvalue weighted by Gasteiger charge is 2.17. The number of carbonyl (C=O) groups excluding carboxylic acids is 1. The predicted molar refractivity (Wildman–Crippen MR) is 72.5 cm³/mol. The normalized spacial score (nSPS) is 12.8. The standard InChI is InChI=1S/C12H24BrNO3/c1-10(2)11(13)12(15)14-6-4-5-7-17-9-8-16-3/h10-11H,4-9H2,1-3H3,(H,14,15). The molecule has 0 aromatic carbocycles. The van der Waals surface area contributed by atoms with Gasteiger partial charge >= 0.3 is 0 Å². The van der Waals surface area contributed by atoms with Crippen molar-refractivity contribution >= 4 is 21.8 Å². The molecule has 0 saturated carbocycles. The third-order valence-corrected chi connectivity index (χ3v) is 3.76. The largest absolute Gasteiger partial charge is 0.382 e. The van der Waals surface area contributed by atoms with Crippen molar-refractivity contribution in [2.75, 3.05) is 33.5 Å². The monoisotopic (exact) mass is 309 g/mol. The van der Waals surface area contributed by atoms with E-state index in [2.05, 4.69) is 21.2 Å². The van der Waals surface area contributed by atoms with Crippen molar-refractivity contribution < 1.29 is 14.3 Å². The van der Waals surface area contributed by atoms with Crippen LogP contribution in [0.1, 0.15) is 26.7 Å². The molecule has 0 aliphatic heterocycles. The summed E-state index contributed by atoms with van der Waals surface area (Å²) in [5.74, 6) is 0.382. The number of amides is 1. The summed E-state index contributed by atoms with van der Waals surface area (Å²) in [6.07, 6.45) is 1.90. The maximum Gasteiger partial charge on any atom is 0.234 e. The molecular weight excluding hydrogens is 286 g/mol. The second-order valence-electron chi connectivity index (χ2n) is 4.25. The van der Waals surface area contributed by atoms with Crippen LogP contribution in [0, 0.1) is 5.92 Å². The van der Waals surface area contributed by atoms with Gasteiger partial charge in [0.25, 0.3) is 0 Å². The van der Waals surface area contributed by atoms with E-state index in [0.29, 0.717) is 25.7 Å². The van der Waals surface area contributed by atoms with Gasteiger partial charge in [0.1, 0.15) is 0 Å². The quantitative estimate of drug-likeness (QED) is 0.496. The zero-order valence-electron chi connectivity index (χ0n) is 11.0. The van der Waals surface area contributed by atoms with Crippen molar-refractivity contribution in [3.63, 3.8) is 0 Å². The van der Waals surface area contributed by atoms with E-state index in [1.54, 1.807) is 7.11 Å². The number of rotatable bonds is 10. The van der Waals surface area contributed by atoms with Gasteiger partial charge < -0.3 is 14.8 Å². The van der Waals surface area contributed by atoms with Gasteiger partial charge in [0.15, 0.2) is 0 Å². The van der Waals surface area contributed by atoms with Gasteiger partial charge in [0, 0.05) is 20.3 Å². The van der Waals surface area contributed by atoms with Crippen molar-refractivity contribution in [2.45, 2.75) is 31.5 Å². The highest BCUT2D eigenvalue weighted by molar-refractivity contribution is 9.10. The number of methoxy groups -OCH3 is 1. The van der Waals surface area contributed by atoms with Crippen molar-refractivity contribution in [3.05, 3.63) is 0 Å². The van der Waals surface area contributed by atoms with E-state index < -0.39 is 0 Å². The molecule has 0 aliphatic carbocycles. The Morgan fingerprint density at radius 1 is 1.24 bits per heavy atom. The van der Waals surface area contributed by atoms with Crippen LogP contribution in [0.25, 0.3) is 0 Å². The van der Waals surface area contributed by atoms with Crippen LogP contribution in [0.15, 0.2) is 0 Å². The van der Waals surface area contributed by atoms with Crippen LogP contribution in [0.2, 0.25) is 0 Å². The van der Waals surface area contributed by atoms with E-state index in [1.165, 1.54) is 0 Å². The number of hydrogen-bond acceptors (Lipinski definition) is 3. The van der Waals surface area contributed by atoms with E-state index in [-0.39, 0.29) is 10.7 Å². The smallest absolute Gasteiger partial charge is 0.234 e. The summed E-state index contributed by atoms with van der Waals surface area (Å²) in [5, 5.41) is 2.90. The summed E-state index contributed by atoms with van der Waals surface area (Å²) in [6, 6.07) is 0. The first-order valence-corrected chi connectivity index (χ1v) is 6.99. The second-order valence-corrected chi connectivity index (χ2v) is 5.24. The second kappa shape index (κ2) is 11.0. The molecule has 0 rings (SSSR count). The minimum absolute atomic E-state index is 0.0697. The molecule has 1 N–H and O–H groups in total. The van der Waals surface area contributed by atoms with Crippen LogP contribution in [0.3, 0.4) is 0 Å². The van der Waals surface area contributed by atoms with Crippen LogP contribution in [0.5, 0.6) is 0 Å². The molecule has 102 valence electrons. The maximum absolute atomic E-state index is 11.6. The molecule has 0 aromatic heterocycles. The van der Waals surface area contributed by atoms with E-state index in [4.69, 9.17) is 9.47 Å². The lowest BCUT2D eigenvalue weighted by Crippen LogP contribution is -2.34. The lowest BCUT2D eigenvalue weighted by Gasteiger charge is -2.13. The van der Waals surface area contributed by atoms with Crippen LogP contribution in [-0.4, -0.2) is 44.2 Å². The van der Waals surface area contributed by atoms with Gasteiger partial charge in [-0.3, -0.25) is 4.79 Å². The molecule has 0 bridgehead atoms. The van der Waals surface area contributed by atoms with Gasteiger partial charge in [-0.2, -0.15) is 0 Å². The van der Waals surface area contributed by atoms with E-state index in [0.717, 1.165) is 19.4 Å². The molecule has 17 heavy (non-hydrogen) atoms. The average molecular weight is 310 g/mol. The number of nitrogens with one attached hydrogen (secondary N) is 1. The first kappa shape index (κ1) is 16.9. The fourth-order valence-electron chi connectivity index (χ4n) is 1.19. The maximum atomic E-state index is 11.6. The molecule has 0 aromatic rings. The molecule has 1 amide bonds. The number of unbranched alkanes of at least 4 members (excludes halogenated alkanes) is 1. The minimum Gasteiger partial charge on any atom is -0.382 e. The Balaban J connectivity index is 3.31. The van der Waals surface area contributed by atoms with Gasteiger partial charge in [-0.1, -0.05) is 29.8 Å². The number of carbonyl (C=O) groups is 1. The molecule has 1 unspecified atom stereocenters. The Hall–Kier alpha value is -0.130. The number of alkyl halides is 1. The fraction of sp³-hybridized carbons (Fsp3) is 0.917. The highest BCUT2D eigenvalue weighted by atomic mass is 79.9. The van der Waals surface area contributed by atoms with Gasteiger partial charge in [0.2, 0.25) is 5.91 Å². The van der Waals surface area contributed by atoms with Gasteiger partial charge in [-0.05, 0) is 18.8 Å². The lowest BCUT2D eigenvalue weighted by molar-refractivity contribution is -0.121. The van der Waals surface area contributed by atoms with Crippen molar-refractivity contribution in [1.29, 1.82) is 0 Å². The number of ether oxygens (including phenoxy) is 2. The Morgan fingerprint density at radius 3 is 2.53 bits per heavy atom. The molecule has 0 aliphatic rings. The van der Waals surface area contributed by atoms with Gasteiger partial charge in [0.05, 0.1) is 18.0 Å². The van der Waals surface area contributed by atoms with Gasteiger partial charge in [-0.15, -0.1) is 0 Å². The molecule has 0 saturated heterocycles. The predicted octanol–water partition coefficient (Wildman–Crippen LogP) is 1.97. The molecule has 0 spiro atoms. The molecule has 1 atom stereocenters. The Labute approximate surface area is 113 Å². The van der Waals surface area contributed by atoms with E-state index >= 15 is 0 Å². The SMILES string of the molecule is COCCOCCCCNC(=O)C(Br)C(C)C. The topological polar surface area (TPSA) is 47.6 Å². The molecule has 0 heterocycles. The third kappa shape index (κ3) is 9.56. The molecule has 5 heteroatoms. The van der Waals surface area contributed by atoms with E-state index in [9.17, 15) is 4.79 Å². The summed E-state index contributed by atoms with van der Waals surface area (Å²) in [5.41, 5.74) is 0. The number of hydrogen-bond donors (Lipinski definition) is 1. The Morgan fingerprint density at radius 2 is 1.94 bits per heavy atom. The van der Waals surface area contributed by atoms with Crippen molar-refractivity contribution in [2.24, 2.45) is 5.92 Å². The van der Waals surface area contributed by atoms with Crippen LogP contribution >= 0.6 is 15.9 Å². The zero-order valence-corrected chi connectivity index (χ0v) is 12.6.